The van der Waals surface area contributed by atoms with Crippen molar-refractivity contribution in [1.29, 1.82) is 0 Å². The van der Waals surface area contributed by atoms with Gasteiger partial charge in [-0.05, 0) is 5.92 Å². The zero-order chi connectivity index (χ0) is 12.8. The molecule has 0 saturated carbocycles. The third kappa shape index (κ3) is 3.54. The number of carbonyl (C=O) groups is 2. The van der Waals surface area contributed by atoms with Crippen LogP contribution < -0.4 is 10.6 Å². The highest BCUT2D eigenvalue weighted by Gasteiger charge is 2.23. The molecule has 0 aliphatic heterocycles. The standard InChI is InChI=1S/C10H16N4O3/c1-4-6(2)8(11-5-15)9-13-14-10(17-9)12-7(3)16/h5-6,8H,4H2,1-3H3,(H,11,15)(H,12,14,16)/t6?,8-/m0/s1. The van der Waals surface area contributed by atoms with Gasteiger partial charge in [0, 0.05) is 6.92 Å². The van der Waals surface area contributed by atoms with Gasteiger partial charge in [-0.1, -0.05) is 25.4 Å². The minimum Gasteiger partial charge on any atom is -0.406 e. The van der Waals surface area contributed by atoms with E-state index in [1.54, 1.807) is 0 Å². The van der Waals surface area contributed by atoms with Crippen molar-refractivity contribution in [3.8, 4) is 0 Å². The zero-order valence-electron chi connectivity index (χ0n) is 10.1. The second kappa shape index (κ2) is 5.97. The fraction of sp³-hybridized carbons (Fsp3) is 0.600. The van der Waals surface area contributed by atoms with Gasteiger partial charge < -0.3 is 9.73 Å². The van der Waals surface area contributed by atoms with E-state index in [1.807, 2.05) is 13.8 Å². The van der Waals surface area contributed by atoms with Crippen LogP contribution in [0.4, 0.5) is 6.01 Å². The van der Waals surface area contributed by atoms with Gasteiger partial charge in [0.2, 0.25) is 18.2 Å². The molecule has 1 aromatic rings. The van der Waals surface area contributed by atoms with Crippen LogP contribution in [-0.4, -0.2) is 22.5 Å². The van der Waals surface area contributed by atoms with Crippen LogP contribution in [0.25, 0.3) is 0 Å². The van der Waals surface area contributed by atoms with E-state index in [-0.39, 0.29) is 29.8 Å². The van der Waals surface area contributed by atoms with Crippen molar-refractivity contribution in [3.63, 3.8) is 0 Å². The smallest absolute Gasteiger partial charge is 0.322 e. The van der Waals surface area contributed by atoms with Gasteiger partial charge in [-0.15, -0.1) is 5.10 Å². The molecule has 7 heteroatoms. The predicted octanol–water partition coefficient (Wildman–Crippen LogP) is 0.861. The molecule has 2 atom stereocenters. The van der Waals surface area contributed by atoms with Crippen molar-refractivity contribution in [1.82, 2.24) is 15.5 Å². The highest BCUT2D eigenvalue weighted by atomic mass is 16.4. The summed E-state index contributed by atoms with van der Waals surface area (Å²) in [6, 6.07) is -0.305. The van der Waals surface area contributed by atoms with E-state index in [4.69, 9.17) is 4.42 Å². The van der Waals surface area contributed by atoms with E-state index in [0.717, 1.165) is 6.42 Å². The molecule has 94 valence electrons. The second-order valence-corrected chi connectivity index (χ2v) is 3.77. The number of anilines is 1. The number of nitrogens with zero attached hydrogens (tertiary/aromatic N) is 2. The summed E-state index contributed by atoms with van der Waals surface area (Å²) in [4.78, 5) is 21.3. The van der Waals surface area contributed by atoms with Gasteiger partial charge in [0.15, 0.2) is 0 Å². The molecule has 0 fully saturated rings. The SMILES string of the molecule is CCC(C)[C@H](NC=O)c1nnc(NC(C)=O)o1. The minimum absolute atomic E-state index is 0.0357. The molecule has 0 spiro atoms. The predicted molar refractivity (Wildman–Crippen MR) is 60.0 cm³/mol. The first kappa shape index (κ1) is 13.1. The molecule has 2 N–H and O–H groups in total. The summed E-state index contributed by atoms with van der Waals surface area (Å²) in [5.74, 6) is 0.157. The Bertz CT molecular complexity index is 391. The Morgan fingerprint density at radius 1 is 1.53 bits per heavy atom. The van der Waals surface area contributed by atoms with Crippen LogP contribution >= 0.6 is 0 Å². The van der Waals surface area contributed by atoms with E-state index < -0.39 is 0 Å². The van der Waals surface area contributed by atoms with Gasteiger partial charge in [-0.3, -0.25) is 14.9 Å². The Labute approximate surface area is 99.0 Å². The fourth-order valence-corrected chi connectivity index (χ4v) is 1.35. The second-order valence-electron chi connectivity index (χ2n) is 3.77. The number of hydrogen-bond acceptors (Lipinski definition) is 5. The first-order chi connectivity index (χ1) is 8.08. The average Bonchev–Trinajstić information content (AvgIpc) is 2.72. The number of carbonyl (C=O) groups excluding carboxylic acids is 2. The Balaban J connectivity index is 2.83. The zero-order valence-corrected chi connectivity index (χ0v) is 10.1. The lowest BCUT2D eigenvalue weighted by molar-refractivity contribution is -0.114. The largest absolute Gasteiger partial charge is 0.406 e. The molecule has 0 aliphatic rings. The van der Waals surface area contributed by atoms with Gasteiger partial charge in [0.25, 0.3) is 0 Å². The molecular formula is C10H16N4O3. The summed E-state index contributed by atoms with van der Waals surface area (Å²) >= 11 is 0. The van der Waals surface area contributed by atoms with Crippen molar-refractivity contribution >= 4 is 18.3 Å². The van der Waals surface area contributed by atoms with Crippen LogP contribution in [0, 0.1) is 5.92 Å². The number of hydrogen-bond donors (Lipinski definition) is 2. The molecule has 2 amide bonds. The van der Waals surface area contributed by atoms with Gasteiger partial charge in [0.05, 0.1) is 0 Å². The van der Waals surface area contributed by atoms with Crippen molar-refractivity contribution in [2.75, 3.05) is 5.32 Å². The normalized spacial score (nSPS) is 13.8. The number of aromatic nitrogens is 2. The maximum Gasteiger partial charge on any atom is 0.322 e. The third-order valence-corrected chi connectivity index (χ3v) is 2.45. The molecule has 0 aromatic carbocycles. The van der Waals surface area contributed by atoms with E-state index in [0.29, 0.717) is 6.41 Å². The Morgan fingerprint density at radius 2 is 2.24 bits per heavy atom. The Hall–Kier alpha value is -1.92. The van der Waals surface area contributed by atoms with Crippen LogP contribution in [-0.2, 0) is 9.59 Å². The number of nitrogens with one attached hydrogen (secondary N) is 2. The van der Waals surface area contributed by atoms with Crippen LogP contribution in [0.3, 0.4) is 0 Å². The van der Waals surface area contributed by atoms with Gasteiger partial charge in [0.1, 0.15) is 6.04 Å². The van der Waals surface area contributed by atoms with E-state index in [9.17, 15) is 9.59 Å². The van der Waals surface area contributed by atoms with Gasteiger partial charge >= 0.3 is 6.01 Å². The average molecular weight is 240 g/mol. The van der Waals surface area contributed by atoms with Crippen LogP contribution in [0.5, 0.6) is 0 Å². The molecule has 7 nitrogen and oxygen atoms in total. The monoisotopic (exact) mass is 240 g/mol. The maximum atomic E-state index is 10.8. The lowest BCUT2D eigenvalue weighted by Crippen LogP contribution is -2.25. The van der Waals surface area contributed by atoms with E-state index in [1.165, 1.54) is 6.92 Å². The Kier molecular flexibility index (Phi) is 4.62. The van der Waals surface area contributed by atoms with Crippen LogP contribution in [0.15, 0.2) is 4.42 Å². The quantitative estimate of drug-likeness (QED) is 0.719. The molecule has 1 unspecified atom stereocenters. The maximum absolute atomic E-state index is 10.8. The van der Waals surface area contributed by atoms with Crippen molar-refractivity contribution in [2.45, 2.75) is 33.2 Å². The van der Waals surface area contributed by atoms with Crippen molar-refractivity contribution < 1.29 is 14.0 Å². The highest BCUT2D eigenvalue weighted by Crippen LogP contribution is 2.23. The molecule has 1 aromatic heterocycles. The lowest BCUT2D eigenvalue weighted by atomic mass is 9.99. The van der Waals surface area contributed by atoms with Crippen molar-refractivity contribution in [3.05, 3.63) is 5.89 Å². The minimum atomic E-state index is -0.340. The van der Waals surface area contributed by atoms with Crippen LogP contribution in [0.1, 0.15) is 39.1 Å². The lowest BCUT2D eigenvalue weighted by Gasteiger charge is -2.17. The summed E-state index contributed by atoms with van der Waals surface area (Å²) in [7, 11) is 0. The summed E-state index contributed by atoms with van der Waals surface area (Å²) < 4.78 is 5.26. The molecule has 0 saturated heterocycles. The van der Waals surface area contributed by atoms with Gasteiger partial charge in [-0.2, -0.15) is 0 Å². The molecule has 1 rings (SSSR count). The van der Waals surface area contributed by atoms with Crippen molar-refractivity contribution in [2.24, 2.45) is 5.92 Å². The first-order valence-electron chi connectivity index (χ1n) is 5.39. The summed E-state index contributed by atoms with van der Waals surface area (Å²) in [5.41, 5.74) is 0. The topological polar surface area (TPSA) is 97.1 Å². The molecule has 0 bridgehead atoms. The highest BCUT2D eigenvalue weighted by molar-refractivity contribution is 5.86. The van der Waals surface area contributed by atoms with E-state index >= 15 is 0 Å². The van der Waals surface area contributed by atoms with Gasteiger partial charge in [-0.25, -0.2) is 0 Å². The number of amides is 2. The first-order valence-corrected chi connectivity index (χ1v) is 5.39. The summed E-state index contributed by atoms with van der Waals surface area (Å²) in [6.07, 6.45) is 1.45. The third-order valence-electron chi connectivity index (χ3n) is 2.45. The fourth-order valence-electron chi connectivity index (χ4n) is 1.35. The molecular weight excluding hydrogens is 224 g/mol. The molecule has 17 heavy (non-hydrogen) atoms. The van der Waals surface area contributed by atoms with E-state index in [2.05, 4.69) is 20.8 Å². The molecule has 0 aliphatic carbocycles. The molecule has 1 heterocycles. The summed E-state index contributed by atoms with van der Waals surface area (Å²) in [6.45, 7) is 5.30. The number of rotatable bonds is 6. The Morgan fingerprint density at radius 3 is 2.76 bits per heavy atom. The van der Waals surface area contributed by atoms with Crippen LogP contribution in [0.2, 0.25) is 0 Å². The molecule has 0 radical (unpaired) electrons. The summed E-state index contributed by atoms with van der Waals surface area (Å²) in [5, 5.41) is 12.5.